The zero-order valence-corrected chi connectivity index (χ0v) is 17.6. The lowest BCUT2D eigenvalue weighted by atomic mass is 9.98. The predicted octanol–water partition coefficient (Wildman–Crippen LogP) is 5.47. The van der Waals surface area contributed by atoms with Gasteiger partial charge in [0.25, 0.3) is 0 Å². The molecule has 0 bridgehead atoms. The Morgan fingerprint density at radius 3 is 2.72 bits per heavy atom. The van der Waals surface area contributed by atoms with Gasteiger partial charge in [-0.05, 0) is 67.0 Å². The van der Waals surface area contributed by atoms with Gasteiger partial charge in [0.1, 0.15) is 11.5 Å². The highest BCUT2D eigenvalue weighted by atomic mass is 16.5. The van der Waals surface area contributed by atoms with E-state index in [1.54, 1.807) is 0 Å². The van der Waals surface area contributed by atoms with Crippen molar-refractivity contribution in [1.82, 2.24) is 0 Å². The second kappa shape index (κ2) is 10.9. The van der Waals surface area contributed by atoms with Gasteiger partial charge in [-0.15, -0.1) is 0 Å². The first-order valence-corrected chi connectivity index (χ1v) is 10.8. The lowest BCUT2D eigenvalue weighted by molar-refractivity contribution is -0.143. The van der Waals surface area contributed by atoms with Gasteiger partial charge in [0, 0.05) is 6.42 Å². The van der Waals surface area contributed by atoms with Crippen LogP contribution in [0.5, 0.6) is 11.5 Å². The van der Waals surface area contributed by atoms with E-state index in [9.17, 15) is 4.79 Å². The summed E-state index contributed by atoms with van der Waals surface area (Å²) in [4.78, 5) is 11.8. The summed E-state index contributed by atoms with van der Waals surface area (Å²) in [5, 5.41) is 0. The highest BCUT2D eigenvalue weighted by Crippen LogP contribution is 2.37. The third-order valence-electron chi connectivity index (χ3n) is 5.34. The molecule has 0 spiro atoms. The van der Waals surface area contributed by atoms with Crippen molar-refractivity contribution in [2.24, 2.45) is 0 Å². The molecule has 0 N–H and O–H groups in total. The molecule has 0 radical (unpaired) electrons. The summed E-state index contributed by atoms with van der Waals surface area (Å²) in [6, 6.07) is 14.5. The Balaban J connectivity index is 1.44. The Labute approximate surface area is 174 Å². The van der Waals surface area contributed by atoms with Crippen LogP contribution in [-0.4, -0.2) is 25.8 Å². The van der Waals surface area contributed by atoms with E-state index in [4.69, 9.17) is 14.2 Å². The molecular weight excluding hydrogens is 364 g/mol. The molecule has 2 aromatic rings. The summed E-state index contributed by atoms with van der Waals surface area (Å²) >= 11 is 0. The molecule has 1 aliphatic rings. The van der Waals surface area contributed by atoms with Gasteiger partial charge in [-0.2, -0.15) is 0 Å². The fourth-order valence-electron chi connectivity index (χ4n) is 3.96. The van der Waals surface area contributed by atoms with Crippen LogP contribution in [0.2, 0.25) is 0 Å². The minimum absolute atomic E-state index is 0.105. The topological polar surface area (TPSA) is 44.8 Å². The van der Waals surface area contributed by atoms with Crippen molar-refractivity contribution in [2.45, 2.75) is 58.3 Å². The number of hydrogen-bond acceptors (Lipinski definition) is 4. The van der Waals surface area contributed by atoms with Crippen LogP contribution in [0.15, 0.2) is 42.5 Å². The fraction of sp³-hybridized carbons (Fsp3) is 0.480. The van der Waals surface area contributed by atoms with Gasteiger partial charge in [-0.3, -0.25) is 4.79 Å². The second-order valence-electron chi connectivity index (χ2n) is 7.51. The molecule has 29 heavy (non-hydrogen) atoms. The summed E-state index contributed by atoms with van der Waals surface area (Å²) in [7, 11) is 0. The number of esters is 1. The van der Waals surface area contributed by atoms with Gasteiger partial charge >= 0.3 is 5.97 Å². The molecule has 0 fully saturated rings. The van der Waals surface area contributed by atoms with Gasteiger partial charge < -0.3 is 14.2 Å². The molecule has 0 saturated carbocycles. The summed E-state index contributed by atoms with van der Waals surface area (Å²) in [5.74, 6) is 2.05. The van der Waals surface area contributed by atoms with Crippen LogP contribution >= 0.6 is 0 Å². The molecule has 1 aliphatic carbocycles. The number of para-hydroxylation sites is 1. The van der Waals surface area contributed by atoms with E-state index in [0.717, 1.165) is 43.6 Å². The minimum atomic E-state index is -0.105. The molecule has 156 valence electrons. The molecule has 3 rings (SSSR count). The number of aryl methyl sites for hydroxylation is 2. The zero-order valence-electron chi connectivity index (χ0n) is 17.6. The Hall–Kier alpha value is -2.49. The summed E-state index contributed by atoms with van der Waals surface area (Å²) in [6.07, 6.45) is 5.46. The van der Waals surface area contributed by atoms with Crippen LogP contribution in [0.3, 0.4) is 0 Å². The molecule has 4 nitrogen and oxygen atoms in total. The maximum Gasteiger partial charge on any atom is 0.306 e. The lowest BCUT2D eigenvalue weighted by Crippen LogP contribution is -2.08. The average molecular weight is 397 g/mol. The van der Waals surface area contributed by atoms with Crippen LogP contribution in [0.1, 0.15) is 62.1 Å². The van der Waals surface area contributed by atoms with Crippen LogP contribution in [0, 0.1) is 0 Å². The van der Waals surface area contributed by atoms with Gasteiger partial charge in [0.15, 0.2) is 0 Å². The van der Waals surface area contributed by atoms with Crippen LogP contribution in [-0.2, 0) is 22.4 Å². The van der Waals surface area contributed by atoms with Crippen molar-refractivity contribution in [1.29, 1.82) is 0 Å². The third kappa shape index (κ3) is 5.99. The first-order chi connectivity index (χ1) is 14.2. The lowest BCUT2D eigenvalue weighted by Gasteiger charge is -2.13. The van der Waals surface area contributed by atoms with Gasteiger partial charge in [-0.25, -0.2) is 0 Å². The Bertz CT molecular complexity index is 799. The number of carbonyl (C=O) groups excluding carboxylic acids is 1. The van der Waals surface area contributed by atoms with Crippen molar-refractivity contribution in [3.8, 4) is 11.5 Å². The van der Waals surface area contributed by atoms with Gasteiger partial charge in [0.05, 0.1) is 26.2 Å². The van der Waals surface area contributed by atoms with Crippen LogP contribution in [0.25, 0.3) is 0 Å². The molecule has 0 unspecified atom stereocenters. The monoisotopic (exact) mass is 396 g/mol. The summed E-state index contributed by atoms with van der Waals surface area (Å²) in [5.41, 5.74) is 3.83. The zero-order chi connectivity index (χ0) is 20.5. The minimum Gasteiger partial charge on any atom is -0.493 e. The van der Waals surface area contributed by atoms with E-state index in [1.807, 2.05) is 25.1 Å². The molecule has 0 aromatic heterocycles. The molecule has 0 aliphatic heterocycles. The van der Waals surface area contributed by atoms with E-state index in [1.165, 1.54) is 16.7 Å². The Kier molecular flexibility index (Phi) is 7.97. The van der Waals surface area contributed by atoms with Crippen molar-refractivity contribution >= 4 is 5.97 Å². The number of rotatable bonds is 11. The maximum atomic E-state index is 11.8. The van der Waals surface area contributed by atoms with Crippen LogP contribution < -0.4 is 9.47 Å². The summed E-state index contributed by atoms with van der Waals surface area (Å²) in [6.45, 7) is 5.74. The van der Waals surface area contributed by atoms with E-state index < -0.39 is 0 Å². The highest BCUT2D eigenvalue weighted by molar-refractivity contribution is 5.71. The largest absolute Gasteiger partial charge is 0.493 e. The van der Waals surface area contributed by atoms with Crippen molar-refractivity contribution in [3.63, 3.8) is 0 Å². The highest BCUT2D eigenvalue weighted by Gasteiger charge is 2.25. The van der Waals surface area contributed by atoms with Crippen molar-refractivity contribution < 1.29 is 19.0 Å². The molecule has 1 atom stereocenters. The molecular formula is C25H32O4. The number of hydrogen-bond donors (Lipinski definition) is 0. The average Bonchev–Trinajstić information content (AvgIpc) is 3.11. The van der Waals surface area contributed by atoms with Crippen molar-refractivity contribution in [2.75, 3.05) is 19.8 Å². The van der Waals surface area contributed by atoms with E-state index in [-0.39, 0.29) is 11.9 Å². The first kappa shape index (κ1) is 21.2. The fourth-order valence-corrected chi connectivity index (χ4v) is 3.96. The smallest absolute Gasteiger partial charge is 0.306 e. The molecule has 2 aromatic carbocycles. The normalized spacial score (nSPS) is 15.0. The molecule has 4 heteroatoms. The number of ether oxygens (including phenoxy) is 3. The molecule has 0 heterocycles. The standard InChI is InChI=1S/C25H32O4/c1-3-8-19-9-5-6-10-24(19)29-16-7-15-28-22-13-14-23-20(17-22)11-12-21(23)18-25(26)27-4-2/h5-6,9-10,13-14,17,21H,3-4,7-8,11-12,15-16,18H2,1-2H3/t21-/m0/s1. The third-order valence-corrected chi connectivity index (χ3v) is 5.34. The Morgan fingerprint density at radius 2 is 1.90 bits per heavy atom. The van der Waals surface area contributed by atoms with Gasteiger partial charge in [0.2, 0.25) is 0 Å². The molecule has 0 amide bonds. The number of carbonyl (C=O) groups is 1. The van der Waals surface area contributed by atoms with E-state index in [0.29, 0.717) is 26.2 Å². The second-order valence-corrected chi connectivity index (χ2v) is 7.51. The SMILES string of the molecule is CCCc1ccccc1OCCCOc1ccc2c(c1)CC[C@H]2CC(=O)OCC. The Morgan fingerprint density at radius 1 is 1.07 bits per heavy atom. The van der Waals surface area contributed by atoms with Crippen molar-refractivity contribution in [3.05, 3.63) is 59.2 Å². The van der Waals surface area contributed by atoms with E-state index in [2.05, 4.69) is 31.2 Å². The maximum absolute atomic E-state index is 11.8. The van der Waals surface area contributed by atoms with E-state index >= 15 is 0 Å². The number of benzene rings is 2. The molecule has 0 saturated heterocycles. The first-order valence-electron chi connectivity index (χ1n) is 10.8. The van der Waals surface area contributed by atoms with Crippen LogP contribution in [0.4, 0.5) is 0 Å². The summed E-state index contributed by atoms with van der Waals surface area (Å²) < 4.78 is 17.0. The quantitative estimate of drug-likeness (QED) is 0.373. The number of fused-ring (bicyclic) bond motifs is 1. The predicted molar refractivity (Wildman–Crippen MR) is 115 cm³/mol. The van der Waals surface area contributed by atoms with Gasteiger partial charge in [-0.1, -0.05) is 37.6 Å².